The van der Waals surface area contributed by atoms with Crippen LogP contribution in [-0.4, -0.2) is 35.5 Å². The number of hydrazone groups is 1. The Morgan fingerprint density at radius 2 is 1.73 bits per heavy atom. The highest BCUT2D eigenvalue weighted by Crippen LogP contribution is 2.30. The number of anilines is 1. The molecule has 2 N–H and O–H groups in total. The number of esters is 1. The minimum absolute atomic E-state index is 0.0236. The number of aryl methyl sites for hydroxylation is 1. The number of para-hydroxylation sites is 1. The maximum atomic E-state index is 12.5. The number of nitrogens with zero attached hydrogens (tertiary/aromatic N) is 2. The van der Waals surface area contributed by atoms with Crippen LogP contribution in [0.1, 0.15) is 28.4 Å². The summed E-state index contributed by atoms with van der Waals surface area (Å²) < 4.78 is 11.4. The molecule has 3 aromatic carbocycles. The fraction of sp³-hybridized carbons (Fsp3) is 0.120. The first-order valence-corrected chi connectivity index (χ1v) is 11.5. The zero-order valence-corrected chi connectivity index (χ0v) is 21.5. The lowest BCUT2D eigenvalue weighted by molar-refractivity contribution is -0.385. The lowest BCUT2D eigenvalue weighted by atomic mass is 10.1. The monoisotopic (exact) mass is 568 g/mol. The third-order valence-electron chi connectivity index (χ3n) is 5.07. The zero-order valence-electron chi connectivity index (χ0n) is 19.9. The van der Waals surface area contributed by atoms with E-state index >= 15 is 0 Å². The standard InChI is InChI=1S/C25H21BrN4O7/c1-14-12-17(26)9-10-19(14)27-23(31)24(32)29-28-15(2)16-8-11-21(22(13-16)36-3)37-25(33)18-6-4-5-7-20(18)30(34)35/h4-13H,1-3H3,(H,27,31)(H,29,32). The Balaban J connectivity index is 1.70. The quantitative estimate of drug-likeness (QED) is 0.107. The van der Waals surface area contributed by atoms with Crippen molar-refractivity contribution < 1.29 is 28.8 Å². The van der Waals surface area contributed by atoms with Crippen molar-refractivity contribution in [3.63, 3.8) is 0 Å². The number of halogens is 1. The molecule has 3 aromatic rings. The molecule has 0 aromatic heterocycles. The molecule has 0 unspecified atom stereocenters. The second kappa shape index (κ2) is 11.9. The maximum absolute atomic E-state index is 12.5. The van der Waals surface area contributed by atoms with Crippen molar-refractivity contribution in [1.29, 1.82) is 0 Å². The summed E-state index contributed by atoms with van der Waals surface area (Å²) >= 11 is 3.33. The normalized spacial score (nSPS) is 10.9. The van der Waals surface area contributed by atoms with E-state index < -0.39 is 22.7 Å². The van der Waals surface area contributed by atoms with Gasteiger partial charge in [-0.2, -0.15) is 5.10 Å². The molecule has 12 heteroatoms. The zero-order chi connectivity index (χ0) is 27.1. The molecule has 0 aliphatic carbocycles. The average Bonchev–Trinajstić information content (AvgIpc) is 2.88. The topological polar surface area (TPSA) is 149 Å². The Labute approximate surface area is 219 Å². The molecule has 11 nitrogen and oxygen atoms in total. The minimum Gasteiger partial charge on any atom is -0.493 e. The first kappa shape index (κ1) is 27.0. The van der Waals surface area contributed by atoms with Crippen LogP contribution in [0, 0.1) is 17.0 Å². The molecule has 0 saturated carbocycles. The Morgan fingerprint density at radius 3 is 2.41 bits per heavy atom. The summed E-state index contributed by atoms with van der Waals surface area (Å²) in [6.45, 7) is 3.38. The van der Waals surface area contributed by atoms with Crippen LogP contribution in [0.4, 0.5) is 11.4 Å². The van der Waals surface area contributed by atoms with Gasteiger partial charge >= 0.3 is 17.8 Å². The van der Waals surface area contributed by atoms with Crippen molar-refractivity contribution in [2.24, 2.45) is 5.10 Å². The number of amides is 2. The first-order valence-electron chi connectivity index (χ1n) is 10.7. The first-order chi connectivity index (χ1) is 17.6. The van der Waals surface area contributed by atoms with Gasteiger partial charge in [-0.25, -0.2) is 10.2 Å². The van der Waals surface area contributed by atoms with Gasteiger partial charge in [-0.05, 0) is 61.9 Å². The second-order valence-corrected chi connectivity index (χ2v) is 8.50. The molecule has 0 bridgehead atoms. The van der Waals surface area contributed by atoms with Crippen LogP contribution in [-0.2, 0) is 9.59 Å². The molecular weight excluding hydrogens is 548 g/mol. The van der Waals surface area contributed by atoms with Gasteiger partial charge in [-0.1, -0.05) is 28.1 Å². The summed E-state index contributed by atoms with van der Waals surface area (Å²) in [5, 5.41) is 17.7. The van der Waals surface area contributed by atoms with Crippen LogP contribution in [0.25, 0.3) is 0 Å². The number of nitro benzene ring substituents is 1. The Hall–Kier alpha value is -4.58. The van der Waals surface area contributed by atoms with Crippen LogP contribution in [0.3, 0.4) is 0 Å². The molecule has 0 fully saturated rings. The number of carbonyl (C=O) groups excluding carboxylic acids is 3. The Kier molecular flexibility index (Phi) is 8.69. The van der Waals surface area contributed by atoms with Gasteiger partial charge in [0.05, 0.1) is 17.7 Å². The summed E-state index contributed by atoms with van der Waals surface area (Å²) in [6.07, 6.45) is 0. The van der Waals surface area contributed by atoms with Crippen LogP contribution in [0.15, 0.2) is 70.2 Å². The highest BCUT2D eigenvalue weighted by Gasteiger charge is 2.22. The van der Waals surface area contributed by atoms with E-state index in [1.807, 2.05) is 0 Å². The smallest absolute Gasteiger partial charge is 0.350 e. The molecule has 0 heterocycles. The molecule has 2 amide bonds. The van der Waals surface area contributed by atoms with Gasteiger partial charge in [-0.15, -0.1) is 0 Å². The van der Waals surface area contributed by atoms with Crippen LogP contribution < -0.4 is 20.2 Å². The van der Waals surface area contributed by atoms with Gasteiger partial charge in [0.15, 0.2) is 11.5 Å². The number of nitrogens with one attached hydrogen (secondary N) is 2. The van der Waals surface area contributed by atoms with Crippen molar-refractivity contribution in [2.75, 3.05) is 12.4 Å². The molecular formula is C25H21BrN4O7. The van der Waals surface area contributed by atoms with Gasteiger partial charge in [0.1, 0.15) is 5.56 Å². The van der Waals surface area contributed by atoms with Crippen molar-refractivity contribution in [3.05, 3.63) is 91.9 Å². The third-order valence-corrected chi connectivity index (χ3v) is 5.57. The summed E-state index contributed by atoms with van der Waals surface area (Å²) in [6, 6.07) is 15.1. The largest absolute Gasteiger partial charge is 0.493 e. The van der Waals surface area contributed by atoms with E-state index in [4.69, 9.17) is 9.47 Å². The van der Waals surface area contributed by atoms with E-state index in [1.165, 1.54) is 43.5 Å². The van der Waals surface area contributed by atoms with Crippen LogP contribution >= 0.6 is 15.9 Å². The summed E-state index contributed by atoms with van der Waals surface area (Å²) in [5.74, 6) is -2.62. The molecule has 37 heavy (non-hydrogen) atoms. The van der Waals surface area contributed by atoms with Gasteiger partial charge in [0, 0.05) is 21.8 Å². The van der Waals surface area contributed by atoms with Crippen LogP contribution in [0.5, 0.6) is 11.5 Å². The number of methoxy groups -OCH3 is 1. The Morgan fingerprint density at radius 1 is 1.00 bits per heavy atom. The number of hydrogen-bond donors (Lipinski definition) is 2. The fourth-order valence-corrected chi connectivity index (χ4v) is 3.61. The number of benzene rings is 3. The molecule has 0 spiro atoms. The summed E-state index contributed by atoms with van der Waals surface area (Å²) in [7, 11) is 1.35. The van der Waals surface area contributed by atoms with Gasteiger partial charge in [0.25, 0.3) is 5.69 Å². The SMILES string of the molecule is COc1cc(C(C)=NNC(=O)C(=O)Nc2ccc(Br)cc2C)ccc1OC(=O)c1ccccc1[N+](=O)[O-]. The number of carbonyl (C=O) groups is 3. The highest BCUT2D eigenvalue weighted by molar-refractivity contribution is 9.10. The molecule has 0 radical (unpaired) electrons. The summed E-state index contributed by atoms with van der Waals surface area (Å²) in [4.78, 5) is 47.5. The van der Waals surface area contributed by atoms with E-state index in [0.29, 0.717) is 17.0 Å². The molecule has 0 saturated heterocycles. The van der Waals surface area contributed by atoms with Gasteiger partial charge < -0.3 is 14.8 Å². The predicted molar refractivity (Wildman–Crippen MR) is 139 cm³/mol. The molecule has 0 aliphatic heterocycles. The molecule has 3 rings (SSSR count). The van der Waals surface area contributed by atoms with Crippen molar-refractivity contribution in [2.45, 2.75) is 13.8 Å². The number of nitro groups is 1. The predicted octanol–water partition coefficient (Wildman–Crippen LogP) is 4.37. The number of rotatable bonds is 7. The van der Waals surface area contributed by atoms with E-state index in [-0.39, 0.29) is 22.7 Å². The Bertz CT molecular complexity index is 1420. The van der Waals surface area contributed by atoms with E-state index in [9.17, 15) is 24.5 Å². The number of ether oxygens (including phenoxy) is 2. The maximum Gasteiger partial charge on any atom is 0.350 e. The summed E-state index contributed by atoms with van der Waals surface area (Å²) in [5.41, 5.74) is 3.67. The van der Waals surface area contributed by atoms with Crippen molar-refractivity contribution >= 4 is 50.8 Å². The average molecular weight is 569 g/mol. The van der Waals surface area contributed by atoms with Gasteiger partial charge in [0.2, 0.25) is 0 Å². The minimum atomic E-state index is -0.969. The highest BCUT2D eigenvalue weighted by atomic mass is 79.9. The molecule has 190 valence electrons. The molecule has 0 aliphatic rings. The fourth-order valence-electron chi connectivity index (χ4n) is 3.13. The van der Waals surface area contributed by atoms with Crippen molar-refractivity contribution in [1.82, 2.24) is 5.43 Å². The third kappa shape index (κ3) is 6.76. The van der Waals surface area contributed by atoms with Gasteiger partial charge in [-0.3, -0.25) is 19.7 Å². The second-order valence-electron chi connectivity index (χ2n) is 7.58. The lowest BCUT2D eigenvalue weighted by Crippen LogP contribution is -2.33. The van der Waals surface area contributed by atoms with E-state index in [0.717, 1.165) is 10.0 Å². The van der Waals surface area contributed by atoms with E-state index in [1.54, 1.807) is 38.1 Å². The van der Waals surface area contributed by atoms with Crippen molar-refractivity contribution in [3.8, 4) is 11.5 Å². The number of hydrogen-bond acceptors (Lipinski definition) is 8. The van der Waals surface area contributed by atoms with Crippen LogP contribution in [0.2, 0.25) is 0 Å². The van der Waals surface area contributed by atoms with E-state index in [2.05, 4.69) is 31.8 Å². The molecule has 0 atom stereocenters. The lowest BCUT2D eigenvalue weighted by Gasteiger charge is -2.11.